The van der Waals surface area contributed by atoms with E-state index < -0.39 is 49.5 Å². The average molecular weight is 1020 g/mol. The van der Waals surface area contributed by atoms with E-state index >= 15 is 0 Å². The monoisotopic (exact) mass is 1020 g/mol. The molecule has 0 aromatic carbocycles. The highest BCUT2D eigenvalue weighted by Crippen LogP contribution is 2.23. The van der Waals surface area contributed by atoms with E-state index in [2.05, 4.69) is 116 Å². The highest BCUT2D eigenvalue weighted by atomic mass is 16.7. The zero-order chi connectivity index (χ0) is 52.9. The molecular weight excluding hydrogens is 911 g/mol. The second kappa shape index (κ2) is 52.3. The van der Waals surface area contributed by atoms with Crippen LogP contribution in [-0.4, -0.2) is 87.5 Å². The van der Waals surface area contributed by atoms with Gasteiger partial charge in [0.15, 0.2) is 6.29 Å². The molecule has 0 radical (unpaired) electrons. The van der Waals surface area contributed by atoms with Gasteiger partial charge in [0.05, 0.1) is 25.4 Å². The van der Waals surface area contributed by atoms with Crippen LogP contribution in [0.25, 0.3) is 0 Å². The van der Waals surface area contributed by atoms with E-state index in [9.17, 15) is 30.3 Å². The van der Waals surface area contributed by atoms with Crippen LogP contribution >= 0.6 is 0 Å². The summed E-state index contributed by atoms with van der Waals surface area (Å²) >= 11 is 0. The molecule has 1 fully saturated rings. The Bertz CT molecular complexity index is 1510. The van der Waals surface area contributed by atoms with Crippen LogP contribution in [0.4, 0.5) is 0 Å². The highest BCUT2D eigenvalue weighted by molar-refractivity contribution is 5.76. The smallest absolute Gasteiger partial charge is 0.220 e. The predicted molar refractivity (Wildman–Crippen MR) is 308 cm³/mol. The predicted octanol–water partition coefficient (Wildman–Crippen LogP) is 15.0. The molecule has 0 spiro atoms. The minimum absolute atomic E-state index is 0.194. The highest BCUT2D eigenvalue weighted by Gasteiger charge is 2.44. The molecule has 6 N–H and O–H groups in total. The van der Waals surface area contributed by atoms with Crippen LogP contribution < -0.4 is 5.32 Å². The number of ether oxygens (including phenoxy) is 2. The summed E-state index contributed by atoms with van der Waals surface area (Å²) in [5.74, 6) is -0.194. The third kappa shape index (κ3) is 41.7. The molecule has 9 nitrogen and oxygen atoms in total. The molecule has 418 valence electrons. The largest absolute Gasteiger partial charge is 0.394 e. The Kier molecular flexibility index (Phi) is 48.6. The third-order valence-corrected chi connectivity index (χ3v) is 13.3. The Hall–Kier alpha value is -3.15. The zero-order valence-electron chi connectivity index (χ0n) is 46.4. The van der Waals surface area contributed by atoms with Crippen molar-refractivity contribution in [3.63, 3.8) is 0 Å². The van der Waals surface area contributed by atoms with Crippen LogP contribution in [-0.2, 0) is 14.3 Å². The number of rotatable bonds is 49. The summed E-state index contributed by atoms with van der Waals surface area (Å²) in [6.07, 6.45) is 70.1. The first-order valence-electron chi connectivity index (χ1n) is 29.6. The number of amides is 1. The van der Waals surface area contributed by atoms with Gasteiger partial charge in [-0.15, -0.1) is 0 Å². The number of carbonyl (C=O) groups is 1. The summed E-state index contributed by atoms with van der Waals surface area (Å²) in [4.78, 5) is 13.1. The van der Waals surface area contributed by atoms with Gasteiger partial charge in [-0.3, -0.25) is 4.79 Å². The van der Waals surface area contributed by atoms with Crippen molar-refractivity contribution < 1.29 is 39.8 Å². The fourth-order valence-electron chi connectivity index (χ4n) is 8.68. The van der Waals surface area contributed by atoms with Crippen molar-refractivity contribution in [3.05, 3.63) is 109 Å². The Morgan fingerprint density at radius 3 is 1.32 bits per heavy atom. The Balaban J connectivity index is 2.21. The standard InChI is InChI=1S/C64H109NO8/c1-3-5-7-9-11-13-15-17-19-21-22-23-24-25-26-27-28-29-30-31-32-33-34-35-36-38-40-42-44-46-48-50-52-54-60(68)65-57(56-72-64-63(71)62(70)61(69)59(55-66)73-64)58(67)53-51-49-47-45-43-41-39-37-20-18-16-14-12-10-8-6-4-2/h5,7,11,13,17,19,22-23,25-26,28-29,31-32,43,45,51,53,57-59,61-64,66-67,69-71H,3-4,6,8-10,12,14-16,18,20-21,24,27,30,33-42,44,46-50,52,54-56H2,1-2H3,(H,65,68)/b7-5-,13-11-,19-17-,23-22-,26-25-,29-28-,32-31-,45-43+,53-51+. The lowest BCUT2D eigenvalue weighted by molar-refractivity contribution is -0.302. The molecule has 0 aliphatic carbocycles. The molecule has 7 atom stereocenters. The van der Waals surface area contributed by atoms with Gasteiger partial charge in [-0.25, -0.2) is 0 Å². The molecule has 7 unspecified atom stereocenters. The number of nitrogens with one attached hydrogen (secondary N) is 1. The van der Waals surface area contributed by atoms with Crippen LogP contribution in [0.3, 0.4) is 0 Å². The number of aliphatic hydroxyl groups is 5. The van der Waals surface area contributed by atoms with Crippen molar-refractivity contribution >= 4 is 5.91 Å². The van der Waals surface area contributed by atoms with Gasteiger partial charge >= 0.3 is 0 Å². The zero-order valence-corrected chi connectivity index (χ0v) is 46.4. The molecule has 1 aliphatic rings. The molecule has 1 amide bonds. The van der Waals surface area contributed by atoms with Gasteiger partial charge in [-0.2, -0.15) is 0 Å². The summed E-state index contributed by atoms with van der Waals surface area (Å²) in [5, 5.41) is 54.5. The first-order valence-corrected chi connectivity index (χ1v) is 29.6. The van der Waals surface area contributed by atoms with E-state index in [0.717, 1.165) is 96.3 Å². The Labute approximate surface area is 446 Å². The van der Waals surface area contributed by atoms with Crippen molar-refractivity contribution in [1.82, 2.24) is 5.32 Å². The van der Waals surface area contributed by atoms with E-state index in [1.54, 1.807) is 6.08 Å². The van der Waals surface area contributed by atoms with Crippen molar-refractivity contribution in [1.29, 1.82) is 0 Å². The maximum absolute atomic E-state index is 13.1. The van der Waals surface area contributed by atoms with E-state index in [4.69, 9.17) is 9.47 Å². The molecule has 1 rings (SSSR count). The molecule has 73 heavy (non-hydrogen) atoms. The number of carbonyl (C=O) groups excluding carboxylic acids is 1. The van der Waals surface area contributed by atoms with Crippen LogP contribution in [0, 0.1) is 0 Å². The normalized spacial score (nSPS) is 19.9. The average Bonchev–Trinajstić information content (AvgIpc) is 3.39. The summed E-state index contributed by atoms with van der Waals surface area (Å²) in [7, 11) is 0. The quantitative estimate of drug-likeness (QED) is 0.0261. The van der Waals surface area contributed by atoms with E-state index in [-0.39, 0.29) is 12.5 Å². The summed E-state index contributed by atoms with van der Waals surface area (Å²) in [6.45, 7) is 3.64. The summed E-state index contributed by atoms with van der Waals surface area (Å²) in [5.41, 5.74) is 0. The van der Waals surface area contributed by atoms with Crippen LogP contribution in [0.5, 0.6) is 0 Å². The van der Waals surface area contributed by atoms with Crippen molar-refractivity contribution in [2.75, 3.05) is 13.2 Å². The van der Waals surface area contributed by atoms with Gasteiger partial charge in [0.2, 0.25) is 5.91 Å². The van der Waals surface area contributed by atoms with Crippen LogP contribution in [0.15, 0.2) is 109 Å². The molecule has 1 aliphatic heterocycles. The molecule has 1 heterocycles. The lowest BCUT2D eigenvalue weighted by atomic mass is 9.99. The first-order chi connectivity index (χ1) is 35.8. The lowest BCUT2D eigenvalue weighted by Gasteiger charge is -2.40. The minimum Gasteiger partial charge on any atom is -0.394 e. The fraction of sp³-hybridized carbons (Fsp3) is 0.703. The van der Waals surface area contributed by atoms with Gasteiger partial charge in [-0.1, -0.05) is 245 Å². The van der Waals surface area contributed by atoms with Crippen LogP contribution in [0.1, 0.15) is 232 Å². The van der Waals surface area contributed by atoms with E-state index in [1.807, 2.05) is 6.08 Å². The molecule has 0 aromatic heterocycles. The number of allylic oxidation sites excluding steroid dienone is 17. The molecule has 0 saturated carbocycles. The summed E-state index contributed by atoms with van der Waals surface area (Å²) in [6, 6.07) is -0.830. The van der Waals surface area contributed by atoms with E-state index in [1.165, 1.54) is 116 Å². The van der Waals surface area contributed by atoms with Crippen molar-refractivity contribution in [3.8, 4) is 0 Å². The fourth-order valence-corrected chi connectivity index (χ4v) is 8.68. The van der Waals surface area contributed by atoms with Gasteiger partial charge in [0.1, 0.15) is 24.4 Å². The number of hydrogen-bond donors (Lipinski definition) is 6. The van der Waals surface area contributed by atoms with Gasteiger partial charge in [-0.05, 0) is 89.9 Å². The number of unbranched alkanes of at least 4 members (excludes halogenated alkanes) is 23. The Morgan fingerprint density at radius 1 is 0.479 bits per heavy atom. The number of hydrogen-bond acceptors (Lipinski definition) is 8. The van der Waals surface area contributed by atoms with Crippen LogP contribution in [0.2, 0.25) is 0 Å². The third-order valence-electron chi connectivity index (χ3n) is 13.3. The summed E-state index contributed by atoms with van der Waals surface area (Å²) < 4.78 is 11.3. The molecule has 1 saturated heterocycles. The maximum atomic E-state index is 13.1. The van der Waals surface area contributed by atoms with Crippen molar-refractivity contribution in [2.45, 2.75) is 275 Å². The van der Waals surface area contributed by atoms with Gasteiger partial charge in [0, 0.05) is 6.42 Å². The van der Waals surface area contributed by atoms with E-state index in [0.29, 0.717) is 6.42 Å². The SMILES string of the molecule is CC/C=C\C/C=C\C/C=C\C/C=C\C/C=C\C/C=C\C/C=C\CCCCCCCCCCCCCC(=O)NC(COC1OC(CO)C(O)C(O)C1O)C(O)/C=C/CC/C=C/CCCCCCCCCCCCC. The Morgan fingerprint density at radius 2 is 0.863 bits per heavy atom. The second-order valence-corrected chi connectivity index (χ2v) is 20.0. The minimum atomic E-state index is -1.58. The first kappa shape index (κ1) is 67.9. The topological polar surface area (TPSA) is 149 Å². The number of aliphatic hydroxyl groups excluding tert-OH is 5. The molecule has 0 bridgehead atoms. The van der Waals surface area contributed by atoms with Gasteiger partial charge in [0.25, 0.3) is 0 Å². The molecule has 0 aromatic rings. The van der Waals surface area contributed by atoms with Gasteiger partial charge < -0.3 is 40.3 Å². The second-order valence-electron chi connectivity index (χ2n) is 20.0. The van der Waals surface area contributed by atoms with Crippen molar-refractivity contribution in [2.24, 2.45) is 0 Å². The molecule has 9 heteroatoms. The lowest BCUT2D eigenvalue weighted by Crippen LogP contribution is -2.60. The maximum Gasteiger partial charge on any atom is 0.220 e. The molecular formula is C64H109NO8.